The molecule has 0 N–H and O–H groups in total. The van der Waals surface area contributed by atoms with Gasteiger partial charge in [0.05, 0.1) is 0 Å². The van der Waals surface area contributed by atoms with Gasteiger partial charge in [0.15, 0.2) is 6.10 Å². The molecule has 0 amide bonds. The van der Waals surface area contributed by atoms with Gasteiger partial charge in [-0.1, -0.05) is 242 Å². The Labute approximate surface area is 396 Å². The van der Waals surface area contributed by atoms with Crippen LogP contribution in [0, 0.1) is 0 Å². The lowest BCUT2D eigenvalue weighted by atomic mass is 10.0. The number of allylic oxidation sites excluding steroid dienone is 10. The summed E-state index contributed by atoms with van der Waals surface area (Å²) in [5.41, 5.74) is 0. The molecule has 0 heterocycles. The van der Waals surface area contributed by atoms with E-state index in [9.17, 15) is 14.4 Å². The van der Waals surface area contributed by atoms with Gasteiger partial charge in [-0.25, -0.2) is 0 Å². The van der Waals surface area contributed by atoms with Crippen LogP contribution in [0.4, 0.5) is 0 Å². The lowest BCUT2D eigenvalue weighted by Gasteiger charge is -2.18. The summed E-state index contributed by atoms with van der Waals surface area (Å²) in [5.74, 6) is -0.908. The van der Waals surface area contributed by atoms with Crippen molar-refractivity contribution in [1.29, 1.82) is 0 Å². The van der Waals surface area contributed by atoms with Crippen LogP contribution in [0.15, 0.2) is 60.8 Å². The Morgan fingerprint density at radius 3 is 0.906 bits per heavy atom. The highest BCUT2D eigenvalue weighted by molar-refractivity contribution is 5.71. The first-order valence-electron chi connectivity index (χ1n) is 27.3. The maximum atomic E-state index is 12.8. The predicted molar refractivity (Wildman–Crippen MR) is 275 cm³/mol. The monoisotopic (exact) mass is 895 g/mol. The zero-order valence-electron chi connectivity index (χ0n) is 42.3. The average Bonchev–Trinajstić information content (AvgIpc) is 3.29. The van der Waals surface area contributed by atoms with Crippen molar-refractivity contribution >= 4 is 17.9 Å². The zero-order valence-corrected chi connectivity index (χ0v) is 42.3. The van der Waals surface area contributed by atoms with Gasteiger partial charge in [-0.3, -0.25) is 14.4 Å². The molecule has 0 aliphatic rings. The minimum atomic E-state index is -0.787. The first-order valence-corrected chi connectivity index (χ1v) is 27.3. The molecule has 0 aromatic heterocycles. The van der Waals surface area contributed by atoms with E-state index in [1.807, 2.05) is 0 Å². The van der Waals surface area contributed by atoms with Gasteiger partial charge in [-0.15, -0.1) is 0 Å². The number of rotatable bonds is 49. The first kappa shape index (κ1) is 61.1. The van der Waals surface area contributed by atoms with Gasteiger partial charge >= 0.3 is 17.9 Å². The third-order valence-corrected chi connectivity index (χ3v) is 11.8. The van der Waals surface area contributed by atoms with Crippen molar-refractivity contribution in [2.24, 2.45) is 0 Å². The highest BCUT2D eigenvalue weighted by Crippen LogP contribution is 2.15. The van der Waals surface area contributed by atoms with Crippen molar-refractivity contribution in [3.63, 3.8) is 0 Å². The van der Waals surface area contributed by atoms with Crippen LogP contribution in [0.25, 0.3) is 0 Å². The topological polar surface area (TPSA) is 78.9 Å². The van der Waals surface area contributed by atoms with Crippen LogP contribution in [0.1, 0.15) is 271 Å². The summed E-state index contributed by atoms with van der Waals surface area (Å²) < 4.78 is 16.8. The second-order valence-corrected chi connectivity index (χ2v) is 18.2. The van der Waals surface area contributed by atoms with Crippen LogP contribution < -0.4 is 0 Å². The normalized spacial score (nSPS) is 12.5. The van der Waals surface area contributed by atoms with E-state index < -0.39 is 6.10 Å². The molecule has 0 saturated heterocycles. The molecule has 0 aliphatic heterocycles. The van der Waals surface area contributed by atoms with Crippen molar-refractivity contribution in [2.75, 3.05) is 13.2 Å². The molecule has 0 aromatic carbocycles. The number of ether oxygens (including phenoxy) is 3. The summed E-state index contributed by atoms with van der Waals surface area (Å²) >= 11 is 0. The van der Waals surface area contributed by atoms with E-state index >= 15 is 0 Å². The van der Waals surface area contributed by atoms with Gasteiger partial charge in [-0.2, -0.15) is 0 Å². The Bertz CT molecular complexity index is 1170. The van der Waals surface area contributed by atoms with Gasteiger partial charge in [0.1, 0.15) is 13.2 Å². The fourth-order valence-electron chi connectivity index (χ4n) is 7.67. The molecule has 370 valence electrons. The van der Waals surface area contributed by atoms with Crippen LogP contribution in [-0.2, 0) is 28.6 Å². The molecule has 64 heavy (non-hydrogen) atoms. The van der Waals surface area contributed by atoms with Gasteiger partial charge in [0, 0.05) is 19.3 Å². The lowest BCUT2D eigenvalue weighted by Crippen LogP contribution is -2.30. The van der Waals surface area contributed by atoms with Crippen molar-refractivity contribution in [1.82, 2.24) is 0 Å². The van der Waals surface area contributed by atoms with E-state index in [1.165, 1.54) is 141 Å². The van der Waals surface area contributed by atoms with Gasteiger partial charge in [0.25, 0.3) is 0 Å². The van der Waals surface area contributed by atoms with Crippen LogP contribution in [0.5, 0.6) is 0 Å². The van der Waals surface area contributed by atoms with Gasteiger partial charge in [0.2, 0.25) is 0 Å². The molecule has 0 radical (unpaired) electrons. The van der Waals surface area contributed by atoms with Crippen LogP contribution in [0.2, 0.25) is 0 Å². The zero-order chi connectivity index (χ0) is 46.5. The largest absolute Gasteiger partial charge is 0.462 e. The molecule has 0 spiro atoms. The second-order valence-electron chi connectivity index (χ2n) is 18.2. The number of unbranched alkanes of at least 4 members (excludes halogenated alkanes) is 31. The standard InChI is InChI=1S/C58H102O6/c1-4-7-10-13-16-19-22-25-27-28-29-31-33-36-39-42-45-48-51-57(60)63-54-55(53-62-56(59)50-47-44-41-38-35-32-24-21-18-15-12-9-6-3)64-58(61)52-49-46-43-40-37-34-30-26-23-20-17-14-11-8-5-2/h17,20,22-23,25-29,31,55H,4-16,18-19,21,24,30,32-54H2,1-3H3/b20-17-,25-22-,26-23-,28-27-,31-29-. The molecule has 0 saturated carbocycles. The maximum Gasteiger partial charge on any atom is 0.306 e. The quantitative estimate of drug-likeness (QED) is 0.0262. The molecule has 0 bridgehead atoms. The molecule has 6 nitrogen and oxygen atoms in total. The van der Waals surface area contributed by atoms with E-state index in [-0.39, 0.29) is 31.1 Å². The molecule has 0 rings (SSSR count). The smallest absolute Gasteiger partial charge is 0.306 e. The SMILES string of the molecule is CCCCC/C=C\C=C/CCCCCCCCC(=O)OC(COC(=O)CCCCCCC\C=C/C=C\C=C/CCCCCCC)COC(=O)CCCCCCCCCCCCCCC. The third kappa shape index (κ3) is 50.1. The Morgan fingerprint density at radius 2 is 0.562 bits per heavy atom. The van der Waals surface area contributed by atoms with Crippen molar-refractivity contribution in [3.05, 3.63) is 60.8 Å². The Hall–Kier alpha value is -2.89. The Kier molecular flexibility index (Phi) is 50.4. The van der Waals surface area contributed by atoms with Crippen molar-refractivity contribution < 1.29 is 28.6 Å². The van der Waals surface area contributed by atoms with E-state index in [0.29, 0.717) is 19.3 Å². The summed E-state index contributed by atoms with van der Waals surface area (Å²) in [6, 6.07) is 0. The highest BCUT2D eigenvalue weighted by atomic mass is 16.6. The molecule has 0 fully saturated rings. The van der Waals surface area contributed by atoms with Crippen LogP contribution >= 0.6 is 0 Å². The Morgan fingerprint density at radius 1 is 0.312 bits per heavy atom. The molecule has 0 aromatic rings. The number of carbonyl (C=O) groups is 3. The van der Waals surface area contributed by atoms with E-state index in [2.05, 4.69) is 81.5 Å². The minimum absolute atomic E-state index is 0.0838. The van der Waals surface area contributed by atoms with Gasteiger partial charge < -0.3 is 14.2 Å². The summed E-state index contributed by atoms with van der Waals surface area (Å²) in [5, 5.41) is 0. The Balaban J connectivity index is 4.42. The van der Waals surface area contributed by atoms with Crippen LogP contribution in [-0.4, -0.2) is 37.2 Å². The van der Waals surface area contributed by atoms with Crippen molar-refractivity contribution in [2.45, 2.75) is 277 Å². The molecular formula is C58H102O6. The number of hydrogen-bond acceptors (Lipinski definition) is 6. The summed E-state index contributed by atoms with van der Waals surface area (Å²) in [4.78, 5) is 38.0. The minimum Gasteiger partial charge on any atom is -0.462 e. The number of carbonyl (C=O) groups excluding carboxylic acids is 3. The number of hydrogen-bond donors (Lipinski definition) is 0. The molecule has 6 heteroatoms. The molecule has 1 atom stereocenters. The maximum absolute atomic E-state index is 12.8. The third-order valence-electron chi connectivity index (χ3n) is 11.8. The number of esters is 3. The van der Waals surface area contributed by atoms with Crippen molar-refractivity contribution in [3.8, 4) is 0 Å². The average molecular weight is 895 g/mol. The summed E-state index contributed by atoms with van der Waals surface area (Å²) in [7, 11) is 0. The van der Waals surface area contributed by atoms with Gasteiger partial charge in [-0.05, 0) is 70.6 Å². The summed E-state index contributed by atoms with van der Waals surface area (Å²) in [6.07, 6.45) is 64.8. The fraction of sp³-hybridized carbons (Fsp3) is 0.776. The van der Waals surface area contributed by atoms with E-state index in [1.54, 1.807) is 0 Å². The molecular weight excluding hydrogens is 793 g/mol. The predicted octanol–water partition coefficient (Wildman–Crippen LogP) is 18.0. The highest BCUT2D eigenvalue weighted by Gasteiger charge is 2.19. The fourth-order valence-corrected chi connectivity index (χ4v) is 7.67. The lowest BCUT2D eigenvalue weighted by molar-refractivity contribution is -0.167. The van der Waals surface area contributed by atoms with E-state index in [0.717, 1.165) is 89.9 Å². The van der Waals surface area contributed by atoms with Crippen LogP contribution in [0.3, 0.4) is 0 Å². The summed E-state index contributed by atoms with van der Waals surface area (Å²) in [6.45, 7) is 6.58. The molecule has 0 aliphatic carbocycles. The first-order chi connectivity index (χ1) is 31.5. The molecule has 1 unspecified atom stereocenters. The second kappa shape index (κ2) is 52.7. The van der Waals surface area contributed by atoms with E-state index in [4.69, 9.17) is 14.2 Å².